The SMILES string of the molecule is CCC(C(=O)O)c1cc(F)ccc1NC(=O)c1ccc(N2CCCCC2)c(NC(=O)c2nn(CC(F)(F)F)c3ccccc23)c1. The molecule has 3 N–H and O–H groups in total. The predicted octanol–water partition coefficient (Wildman–Crippen LogP) is 6.81. The summed E-state index contributed by atoms with van der Waals surface area (Å²) in [5.41, 5.74) is 1.16. The molecule has 1 aliphatic heterocycles. The van der Waals surface area contributed by atoms with E-state index in [4.69, 9.17) is 0 Å². The first kappa shape index (κ1) is 31.5. The normalized spacial score (nSPS) is 14.3. The maximum atomic E-state index is 14.1. The second-order valence-corrected chi connectivity index (χ2v) is 10.9. The van der Waals surface area contributed by atoms with Gasteiger partial charge in [0.15, 0.2) is 5.69 Å². The van der Waals surface area contributed by atoms with Crippen molar-refractivity contribution in [3.8, 4) is 0 Å². The fourth-order valence-corrected chi connectivity index (χ4v) is 5.61. The molecule has 1 unspecified atom stereocenters. The number of hydrogen-bond donors (Lipinski definition) is 3. The van der Waals surface area contributed by atoms with Gasteiger partial charge >= 0.3 is 12.1 Å². The number of carbonyl (C=O) groups excluding carboxylic acids is 2. The molecule has 1 atom stereocenters. The van der Waals surface area contributed by atoms with Crippen LogP contribution < -0.4 is 15.5 Å². The number of piperidine rings is 1. The van der Waals surface area contributed by atoms with Gasteiger partial charge in [-0.2, -0.15) is 18.3 Å². The summed E-state index contributed by atoms with van der Waals surface area (Å²) in [7, 11) is 0. The lowest BCUT2D eigenvalue weighted by atomic mass is 9.94. The first-order chi connectivity index (χ1) is 21.4. The highest BCUT2D eigenvalue weighted by molar-refractivity contribution is 6.13. The number of fused-ring (bicyclic) bond motifs is 1. The third-order valence-corrected chi connectivity index (χ3v) is 7.75. The quantitative estimate of drug-likeness (QED) is 0.176. The number of hydrogen-bond acceptors (Lipinski definition) is 5. The fraction of sp³-hybridized carbons (Fsp3) is 0.312. The van der Waals surface area contributed by atoms with Gasteiger partial charge in [-0.15, -0.1) is 0 Å². The molecule has 1 aliphatic rings. The van der Waals surface area contributed by atoms with Gasteiger partial charge in [-0.05, 0) is 73.7 Å². The lowest BCUT2D eigenvalue weighted by Crippen LogP contribution is -2.30. The minimum atomic E-state index is -4.56. The number of benzene rings is 3. The molecule has 1 aromatic heterocycles. The van der Waals surface area contributed by atoms with Crippen LogP contribution in [0.5, 0.6) is 0 Å². The van der Waals surface area contributed by atoms with Gasteiger partial charge in [0.2, 0.25) is 0 Å². The number of aromatic nitrogens is 2. The van der Waals surface area contributed by atoms with Gasteiger partial charge in [0, 0.05) is 29.7 Å². The number of anilines is 3. The van der Waals surface area contributed by atoms with Crippen LogP contribution in [0.15, 0.2) is 60.7 Å². The maximum Gasteiger partial charge on any atom is 0.408 e. The van der Waals surface area contributed by atoms with Gasteiger partial charge in [-0.1, -0.05) is 25.1 Å². The summed E-state index contributed by atoms with van der Waals surface area (Å²) in [5, 5.41) is 19.3. The summed E-state index contributed by atoms with van der Waals surface area (Å²) >= 11 is 0. The van der Waals surface area contributed by atoms with Crippen LogP contribution in [0.2, 0.25) is 0 Å². The van der Waals surface area contributed by atoms with E-state index in [1.165, 1.54) is 24.3 Å². The first-order valence-corrected chi connectivity index (χ1v) is 14.5. The molecule has 0 bridgehead atoms. The number of rotatable bonds is 9. The molecule has 2 heterocycles. The Balaban J connectivity index is 1.49. The number of para-hydroxylation sites is 1. The minimum absolute atomic E-state index is 0.108. The highest BCUT2D eigenvalue weighted by atomic mass is 19.4. The molecule has 5 rings (SSSR count). The smallest absolute Gasteiger partial charge is 0.408 e. The Hall–Kier alpha value is -4.94. The Morgan fingerprint density at radius 1 is 0.933 bits per heavy atom. The average molecular weight is 626 g/mol. The Morgan fingerprint density at radius 2 is 1.64 bits per heavy atom. The molecule has 9 nitrogen and oxygen atoms in total. The zero-order valence-corrected chi connectivity index (χ0v) is 24.3. The van der Waals surface area contributed by atoms with Gasteiger partial charge in [-0.25, -0.2) is 4.39 Å². The molecular formula is C32H31F4N5O4. The molecule has 2 amide bonds. The second kappa shape index (κ2) is 13.0. The predicted molar refractivity (Wildman–Crippen MR) is 161 cm³/mol. The van der Waals surface area contributed by atoms with E-state index in [1.807, 2.05) is 0 Å². The van der Waals surface area contributed by atoms with Crippen molar-refractivity contribution in [2.24, 2.45) is 0 Å². The van der Waals surface area contributed by atoms with Crippen LogP contribution in [0.4, 0.5) is 34.6 Å². The van der Waals surface area contributed by atoms with Gasteiger partial charge in [0.25, 0.3) is 11.8 Å². The summed E-state index contributed by atoms with van der Waals surface area (Å²) in [6, 6.07) is 14.3. The number of carbonyl (C=O) groups is 3. The number of halogens is 4. The van der Waals surface area contributed by atoms with Crippen LogP contribution in [0.3, 0.4) is 0 Å². The number of carboxylic acids is 1. The van der Waals surface area contributed by atoms with Crippen molar-refractivity contribution < 1.29 is 37.1 Å². The van der Waals surface area contributed by atoms with Crippen molar-refractivity contribution in [2.75, 3.05) is 28.6 Å². The third kappa shape index (κ3) is 7.08. The minimum Gasteiger partial charge on any atom is -0.481 e. The molecule has 1 fully saturated rings. The Bertz CT molecular complexity index is 1750. The van der Waals surface area contributed by atoms with E-state index in [2.05, 4.69) is 20.6 Å². The number of amides is 2. The summed E-state index contributed by atoms with van der Waals surface area (Å²) in [6.07, 6.45) is -1.53. The Morgan fingerprint density at radius 3 is 2.33 bits per heavy atom. The van der Waals surface area contributed by atoms with E-state index in [1.54, 1.807) is 31.2 Å². The van der Waals surface area contributed by atoms with E-state index in [9.17, 15) is 37.1 Å². The zero-order valence-electron chi connectivity index (χ0n) is 24.3. The Kier molecular flexibility index (Phi) is 9.07. The molecule has 0 spiro atoms. The molecular weight excluding hydrogens is 594 g/mol. The highest BCUT2D eigenvalue weighted by Crippen LogP contribution is 2.33. The van der Waals surface area contributed by atoms with Crippen molar-refractivity contribution in [3.63, 3.8) is 0 Å². The Labute approximate surface area is 255 Å². The van der Waals surface area contributed by atoms with Crippen molar-refractivity contribution >= 4 is 45.7 Å². The van der Waals surface area contributed by atoms with Crippen LogP contribution >= 0.6 is 0 Å². The van der Waals surface area contributed by atoms with Crippen LogP contribution in [0.1, 0.15) is 64.9 Å². The van der Waals surface area contributed by atoms with Gasteiger partial charge in [-0.3, -0.25) is 19.1 Å². The van der Waals surface area contributed by atoms with Crippen molar-refractivity contribution in [1.82, 2.24) is 9.78 Å². The van der Waals surface area contributed by atoms with Gasteiger partial charge in [0.05, 0.1) is 22.8 Å². The molecule has 0 aliphatic carbocycles. The number of alkyl halides is 3. The fourth-order valence-electron chi connectivity index (χ4n) is 5.61. The van der Waals surface area contributed by atoms with E-state index in [0.29, 0.717) is 18.8 Å². The molecule has 4 aromatic rings. The highest BCUT2D eigenvalue weighted by Gasteiger charge is 2.31. The van der Waals surface area contributed by atoms with E-state index >= 15 is 0 Å². The van der Waals surface area contributed by atoms with Crippen LogP contribution in [-0.2, 0) is 11.3 Å². The number of aliphatic carboxylic acids is 1. The molecule has 0 saturated carbocycles. The van der Waals surface area contributed by atoms with Crippen LogP contribution in [0.25, 0.3) is 10.9 Å². The van der Waals surface area contributed by atoms with Crippen LogP contribution in [0, 0.1) is 5.82 Å². The van der Waals surface area contributed by atoms with E-state index in [-0.39, 0.29) is 45.5 Å². The van der Waals surface area contributed by atoms with Crippen LogP contribution in [-0.4, -0.2) is 51.9 Å². The second-order valence-electron chi connectivity index (χ2n) is 10.9. The van der Waals surface area contributed by atoms with E-state index in [0.717, 1.165) is 36.1 Å². The van der Waals surface area contributed by atoms with E-state index < -0.39 is 42.2 Å². The molecule has 0 radical (unpaired) electrons. The molecule has 236 valence electrons. The average Bonchev–Trinajstić information content (AvgIpc) is 3.36. The molecule has 3 aromatic carbocycles. The largest absolute Gasteiger partial charge is 0.481 e. The van der Waals surface area contributed by atoms with Gasteiger partial charge in [0.1, 0.15) is 12.4 Å². The van der Waals surface area contributed by atoms with Gasteiger partial charge < -0.3 is 20.6 Å². The summed E-state index contributed by atoms with van der Waals surface area (Å²) in [4.78, 5) is 40.9. The molecule has 1 saturated heterocycles. The van der Waals surface area contributed by atoms with Crippen molar-refractivity contribution in [1.29, 1.82) is 0 Å². The number of carboxylic acid groups (broad SMARTS) is 1. The standard InChI is InChI=1S/C32H31F4N5O4/c1-2-21(31(44)45)23-17-20(33)11-12-24(23)37-29(42)19-10-13-27(40-14-6-3-7-15-40)25(16-19)38-30(43)28-22-8-4-5-9-26(22)41(39-28)18-32(34,35)36/h4-5,8-13,16-17,21H,2-3,6-7,14-15,18H2,1H3,(H,37,42)(H,38,43)(H,44,45). The van der Waals surface area contributed by atoms with Crippen molar-refractivity contribution in [3.05, 3.63) is 83.3 Å². The third-order valence-electron chi connectivity index (χ3n) is 7.75. The lowest BCUT2D eigenvalue weighted by molar-refractivity contribution is -0.142. The summed E-state index contributed by atoms with van der Waals surface area (Å²) in [5.74, 6) is -4.26. The maximum absolute atomic E-state index is 14.1. The van der Waals surface area contributed by atoms with Crippen molar-refractivity contribution in [2.45, 2.75) is 51.2 Å². The zero-order chi connectivity index (χ0) is 32.3. The first-order valence-electron chi connectivity index (χ1n) is 14.5. The summed E-state index contributed by atoms with van der Waals surface area (Å²) in [6.45, 7) is 1.66. The topological polar surface area (TPSA) is 117 Å². The lowest BCUT2D eigenvalue weighted by Gasteiger charge is -2.30. The number of nitrogens with one attached hydrogen (secondary N) is 2. The molecule has 13 heteroatoms. The monoisotopic (exact) mass is 625 g/mol. The summed E-state index contributed by atoms with van der Waals surface area (Å²) < 4.78 is 54.6. The molecule has 45 heavy (non-hydrogen) atoms. The number of nitrogens with zero attached hydrogens (tertiary/aromatic N) is 3.